The second-order valence-corrected chi connectivity index (χ2v) is 7.39. The molecule has 0 aliphatic rings. The number of aromatic nitrogens is 2. The lowest BCUT2D eigenvalue weighted by Crippen LogP contribution is -2.42. The molecule has 0 saturated carbocycles. The molecule has 0 radical (unpaired) electrons. The molecule has 6 nitrogen and oxygen atoms in total. The van der Waals surface area contributed by atoms with Crippen molar-refractivity contribution in [3.8, 4) is 0 Å². The van der Waals surface area contributed by atoms with Gasteiger partial charge in [-0.3, -0.25) is 18.7 Å². The summed E-state index contributed by atoms with van der Waals surface area (Å²) in [4.78, 5) is 37.4. The van der Waals surface area contributed by atoms with Gasteiger partial charge in [0.25, 0.3) is 5.56 Å². The molecule has 0 unspecified atom stereocenters. The van der Waals surface area contributed by atoms with Crippen LogP contribution in [-0.4, -0.2) is 20.2 Å². The Hall–Kier alpha value is -1.70. The lowest BCUT2D eigenvalue weighted by Gasteiger charge is -2.15. The second kappa shape index (κ2) is 7.04. The van der Waals surface area contributed by atoms with Crippen LogP contribution in [0.1, 0.15) is 17.3 Å². The summed E-state index contributed by atoms with van der Waals surface area (Å²) >= 11 is 13.2. The Balaban J connectivity index is 2.44. The molecule has 9 heteroatoms. The van der Waals surface area contributed by atoms with Gasteiger partial charge in [-0.05, 0) is 25.1 Å². The van der Waals surface area contributed by atoms with Gasteiger partial charge in [0, 0.05) is 24.0 Å². The maximum Gasteiger partial charge on any atom is 0.332 e. The topological polar surface area (TPSA) is 87.1 Å². The number of nitrogen functional groups attached to an aromatic ring is 1. The summed E-state index contributed by atoms with van der Waals surface area (Å²) in [5, 5.41) is 0.290. The molecule has 1 aromatic heterocycles. The lowest BCUT2D eigenvalue weighted by atomic mass is 10.1. The average molecular weight is 388 g/mol. The summed E-state index contributed by atoms with van der Waals surface area (Å²) in [7, 11) is 2.70. The van der Waals surface area contributed by atoms with E-state index >= 15 is 0 Å². The first kappa shape index (κ1) is 18.6. The number of nitrogens with two attached hydrogens (primary N) is 1. The van der Waals surface area contributed by atoms with Crippen molar-refractivity contribution in [1.82, 2.24) is 9.13 Å². The molecule has 0 saturated heterocycles. The maximum absolute atomic E-state index is 12.7. The fourth-order valence-electron chi connectivity index (χ4n) is 2.11. The highest BCUT2D eigenvalue weighted by molar-refractivity contribution is 8.00. The molecule has 2 N–H and O–H groups in total. The Morgan fingerprint density at radius 1 is 1.21 bits per heavy atom. The van der Waals surface area contributed by atoms with Crippen molar-refractivity contribution in [3.63, 3.8) is 0 Å². The molecule has 0 spiro atoms. The smallest absolute Gasteiger partial charge is 0.332 e. The van der Waals surface area contributed by atoms with E-state index in [1.807, 2.05) is 0 Å². The first-order valence-electron chi connectivity index (χ1n) is 6.86. The Morgan fingerprint density at radius 3 is 2.46 bits per heavy atom. The van der Waals surface area contributed by atoms with E-state index in [2.05, 4.69) is 0 Å². The molecule has 1 atom stereocenters. The van der Waals surface area contributed by atoms with Crippen LogP contribution in [0.4, 0.5) is 5.82 Å². The number of hydrogen-bond donors (Lipinski definition) is 1. The summed E-state index contributed by atoms with van der Waals surface area (Å²) in [6.45, 7) is 1.63. The number of benzene rings is 1. The Morgan fingerprint density at radius 2 is 1.83 bits per heavy atom. The number of carbonyl (C=O) groups is 1. The number of anilines is 1. The van der Waals surface area contributed by atoms with Crippen LogP contribution in [0.3, 0.4) is 0 Å². The molecule has 1 aromatic carbocycles. The standard InChI is InChI=1S/C15H15Cl2N3O3S/c1-7(24-10-6-8(16)4-5-9(10)17)12(21)11-13(18)19(2)15(23)20(3)14(11)22/h4-7H,18H2,1-3H3/t7-/m1/s1. The van der Waals surface area contributed by atoms with E-state index in [0.717, 1.165) is 20.9 Å². The van der Waals surface area contributed by atoms with Crippen LogP contribution in [0.2, 0.25) is 10.0 Å². The summed E-state index contributed by atoms with van der Waals surface area (Å²) in [6.07, 6.45) is 0. The average Bonchev–Trinajstić information content (AvgIpc) is 2.54. The van der Waals surface area contributed by atoms with Gasteiger partial charge < -0.3 is 5.73 Å². The van der Waals surface area contributed by atoms with E-state index < -0.39 is 22.3 Å². The lowest BCUT2D eigenvalue weighted by molar-refractivity contribution is 0.0992. The van der Waals surface area contributed by atoms with Gasteiger partial charge in [0.05, 0.1) is 10.3 Å². The fraction of sp³-hybridized carbons (Fsp3) is 0.267. The third-order valence-electron chi connectivity index (χ3n) is 3.52. The van der Waals surface area contributed by atoms with E-state index in [9.17, 15) is 14.4 Å². The number of halogens is 2. The maximum atomic E-state index is 12.7. The number of hydrogen-bond acceptors (Lipinski definition) is 5. The van der Waals surface area contributed by atoms with E-state index in [1.54, 1.807) is 25.1 Å². The molecule has 2 rings (SSSR count). The zero-order valence-electron chi connectivity index (χ0n) is 13.2. The highest BCUT2D eigenvalue weighted by atomic mass is 35.5. The summed E-state index contributed by atoms with van der Waals surface area (Å²) in [5.74, 6) is -0.637. The number of thioether (sulfide) groups is 1. The van der Waals surface area contributed by atoms with Crippen LogP contribution < -0.4 is 17.0 Å². The summed E-state index contributed by atoms with van der Waals surface area (Å²) in [5.41, 5.74) is 4.29. The van der Waals surface area contributed by atoms with Crippen LogP contribution in [-0.2, 0) is 14.1 Å². The van der Waals surface area contributed by atoms with Crippen LogP contribution in [0.5, 0.6) is 0 Å². The van der Waals surface area contributed by atoms with Crippen LogP contribution in [0.25, 0.3) is 0 Å². The molecule has 0 bridgehead atoms. The number of Topliss-reactive ketones (excluding diaryl/α,β-unsaturated/α-hetero) is 1. The minimum atomic E-state index is -0.717. The molecule has 128 valence electrons. The third kappa shape index (κ3) is 3.38. The normalized spacial score (nSPS) is 12.2. The van der Waals surface area contributed by atoms with Gasteiger partial charge in [0.2, 0.25) is 0 Å². The molecular weight excluding hydrogens is 373 g/mol. The molecular formula is C15H15Cl2N3O3S. The highest BCUT2D eigenvalue weighted by Gasteiger charge is 2.25. The molecule has 2 aromatic rings. The zero-order chi connectivity index (χ0) is 18.2. The summed E-state index contributed by atoms with van der Waals surface area (Å²) < 4.78 is 1.92. The molecule has 1 heterocycles. The minimum Gasteiger partial charge on any atom is -0.384 e. The van der Waals surface area contributed by atoms with E-state index in [0.29, 0.717) is 14.9 Å². The van der Waals surface area contributed by atoms with Crippen LogP contribution >= 0.6 is 35.0 Å². The van der Waals surface area contributed by atoms with Crippen molar-refractivity contribution in [2.75, 3.05) is 5.73 Å². The van der Waals surface area contributed by atoms with E-state index in [-0.39, 0.29) is 11.4 Å². The number of carbonyl (C=O) groups excluding carboxylic acids is 1. The van der Waals surface area contributed by atoms with Crippen molar-refractivity contribution >= 4 is 46.6 Å². The van der Waals surface area contributed by atoms with Gasteiger partial charge >= 0.3 is 5.69 Å². The first-order chi connectivity index (χ1) is 11.1. The van der Waals surface area contributed by atoms with Crippen LogP contribution in [0, 0.1) is 0 Å². The first-order valence-corrected chi connectivity index (χ1v) is 8.50. The van der Waals surface area contributed by atoms with E-state index in [4.69, 9.17) is 28.9 Å². The monoisotopic (exact) mass is 387 g/mol. The van der Waals surface area contributed by atoms with Gasteiger partial charge in [-0.2, -0.15) is 0 Å². The molecule has 0 aliphatic heterocycles. The second-order valence-electron chi connectivity index (χ2n) is 5.17. The van der Waals surface area contributed by atoms with Gasteiger partial charge in [-0.25, -0.2) is 4.79 Å². The number of nitrogens with zero attached hydrogens (tertiary/aromatic N) is 2. The van der Waals surface area contributed by atoms with Crippen molar-refractivity contribution in [1.29, 1.82) is 0 Å². The predicted octanol–water partition coefficient (Wildman–Crippen LogP) is 2.34. The van der Waals surface area contributed by atoms with Crippen molar-refractivity contribution in [2.24, 2.45) is 14.1 Å². The van der Waals surface area contributed by atoms with Gasteiger partial charge in [-0.15, -0.1) is 11.8 Å². The van der Waals surface area contributed by atoms with Crippen LogP contribution in [0.15, 0.2) is 32.7 Å². The minimum absolute atomic E-state index is 0.155. The van der Waals surface area contributed by atoms with Crippen molar-refractivity contribution in [3.05, 3.63) is 54.6 Å². The summed E-state index contributed by atoms with van der Waals surface area (Å²) in [6, 6.07) is 4.91. The largest absolute Gasteiger partial charge is 0.384 e. The predicted molar refractivity (Wildman–Crippen MR) is 97.4 cm³/mol. The fourth-order valence-corrected chi connectivity index (χ4v) is 3.58. The SMILES string of the molecule is C[C@@H](Sc1cc(Cl)ccc1Cl)C(=O)c1c(N)n(C)c(=O)n(C)c1=O. The van der Waals surface area contributed by atoms with Gasteiger partial charge in [0.15, 0.2) is 5.78 Å². The number of ketones is 1. The quantitative estimate of drug-likeness (QED) is 0.642. The van der Waals surface area contributed by atoms with Gasteiger partial charge in [-0.1, -0.05) is 23.2 Å². The Labute approximate surface area is 152 Å². The number of rotatable bonds is 4. The van der Waals surface area contributed by atoms with Crippen molar-refractivity contribution < 1.29 is 4.79 Å². The Bertz CT molecular complexity index is 937. The van der Waals surface area contributed by atoms with E-state index in [1.165, 1.54) is 14.1 Å². The third-order valence-corrected chi connectivity index (χ3v) is 5.36. The molecule has 0 amide bonds. The Kier molecular flexibility index (Phi) is 5.47. The molecule has 0 aliphatic carbocycles. The molecule has 0 fully saturated rings. The zero-order valence-corrected chi connectivity index (χ0v) is 15.5. The van der Waals surface area contributed by atoms with Gasteiger partial charge in [0.1, 0.15) is 11.4 Å². The molecule has 24 heavy (non-hydrogen) atoms. The van der Waals surface area contributed by atoms with Crippen molar-refractivity contribution in [2.45, 2.75) is 17.1 Å². The highest BCUT2D eigenvalue weighted by Crippen LogP contribution is 2.33.